The Labute approximate surface area is 200 Å². The van der Waals surface area contributed by atoms with Crippen molar-refractivity contribution >= 4 is 63.5 Å². The first kappa shape index (κ1) is 23.9. The Morgan fingerprint density at radius 3 is 2.41 bits per heavy atom. The Morgan fingerprint density at radius 2 is 1.81 bits per heavy atom. The molecule has 168 valence electrons. The summed E-state index contributed by atoms with van der Waals surface area (Å²) < 4.78 is 16.4. The normalized spacial score (nSPS) is 14.6. The maximum Gasteiger partial charge on any atom is 0.266 e. The van der Waals surface area contributed by atoms with Gasteiger partial charge in [0, 0.05) is 13.0 Å². The summed E-state index contributed by atoms with van der Waals surface area (Å²) in [5, 5.41) is 3.18. The molecule has 0 saturated carbocycles. The van der Waals surface area contributed by atoms with E-state index in [1.54, 1.807) is 42.5 Å². The van der Waals surface area contributed by atoms with Gasteiger partial charge in [-0.3, -0.25) is 14.5 Å². The van der Waals surface area contributed by atoms with Crippen LogP contribution in [0.5, 0.6) is 17.2 Å². The molecule has 1 aliphatic heterocycles. The van der Waals surface area contributed by atoms with Crippen LogP contribution >= 0.6 is 35.6 Å². The highest BCUT2D eigenvalue weighted by Gasteiger charge is 2.32. The SMILES string of the molecule is COc1cc(/C=C2\SC(=S)N(CCC(=O)Nc3ccccc3Cl)C2=O)cc(OC)c1OC. The van der Waals surface area contributed by atoms with Crippen molar-refractivity contribution in [3.05, 3.63) is 51.9 Å². The smallest absolute Gasteiger partial charge is 0.266 e. The van der Waals surface area contributed by atoms with Crippen molar-refractivity contribution in [2.45, 2.75) is 6.42 Å². The molecule has 2 aromatic rings. The van der Waals surface area contributed by atoms with E-state index in [2.05, 4.69) is 5.32 Å². The van der Waals surface area contributed by atoms with Gasteiger partial charge in [-0.15, -0.1) is 0 Å². The molecule has 0 radical (unpaired) electrons. The van der Waals surface area contributed by atoms with Crippen LogP contribution in [0.15, 0.2) is 41.3 Å². The van der Waals surface area contributed by atoms with Gasteiger partial charge in [0.1, 0.15) is 4.32 Å². The van der Waals surface area contributed by atoms with E-state index in [-0.39, 0.29) is 24.8 Å². The Morgan fingerprint density at radius 1 is 1.16 bits per heavy atom. The number of carbonyl (C=O) groups excluding carboxylic acids is 2. The van der Waals surface area contributed by atoms with Gasteiger partial charge >= 0.3 is 0 Å². The lowest BCUT2D eigenvalue weighted by molar-refractivity contribution is -0.122. The fraction of sp³-hybridized carbons (Fsp3) is 0.227. The highest BCUT2D eigenvalue weighted by molar-refractivity contribution is 8.26. The Hall–Kier alpha value is -2.75. The first-order chi connectivity index (χ1) is 15.4. The predicted molar refractivity (Wildman–Crippen MR) is 131 cm³/mol. The Balaban J connectivity index is 1.71. The minimum Gasteiger partial charge on any atom is -0.493 e. The number of halogens is 1. The number of benzene rings is 2. The second kappa shape index (κ2) is 10.7. The number of nitrogens with zero attached hydrogens (tertiary/aromatic N) is 1. The first-order valence-corrected chi connectivity index (χ1v) is 11.1. The van der Waals surface area contributed by atoms with Gasteiger partial charge in [-0.1, -0.05) is 47.7 Å². The first-order valence-electron chi connectivity index (χ1n) is 9.47. The number of ether oxygens (including phenoxy) is 3. The molecule has 0 atom stereocenters. The second-order valence-corrected chi connectivity index (χ2v) is 8.65. The monoisotopic (exact) mass is 492 g/mol. The number of amides is 2. The molecule has 7 nitrogen and oxygen atoms in total. The lowest BCUT2D eigenvalue weighted by atomic mass is 10.1. The van der Waals surface area contributed by atoms with Crippen LogP contribution in [-0.2, 0) is 9.59 Å². The summed E-state index contributed by atoms with van der Waals surface area (Å²) in [5.41, 5.74) is 1.21. The van der Waals surface area contributed by atoms with E-state index in [4.69, 9.17) is 38.0 Å². The Bertz CT molecular complexity index is 1060. The molecule has 1 fully saturated rings. The zero-order valence-electron chi connectivity index (χ0n) is 17.6. The third-order valence-corrected chi connectivity index (χ3v) is 6.28. The molecule has 0 aliphatic carbocycles. The van der Waals surface area contributed by atoms with Gasteiger partial charge in [0.15, 0.2) is 11.5 Å². The molecule has 10 heteroatoms. The molecule has 0 aromatic heterocycles. The van der Waals surface area contributed by atoms with Gasteiger partial charge < -0.3 is 19.5 Å². The lowest BCUT2D eigenvalue weighted by Gasteiger charge is -2.14. The number of thioether (sulfide) groups is 1. The van der Waals surface area contributed by atoms with Crippen LogP contribution in [0, 0.1) is 0 Å². The third-order valence-electron chi connectivity index (χ3n) is 4.57. The van der Waals surface area contributed by atoms with Gasteiger partial charge in [0.05, 0.1) is 36.9 Å². The molecular formula is C22H21ClN2O5S2. The molecule has 1 aliphatic rings. The van der Waals surface area contributed by atoms with Gasteiger partial charge in [0.2, 0.25) is 11.7 Å². The maximum atomic E-state index is 12.9. The summed E-state index contributed by atoms with van der Waals surface area (Å²) >= 11 is 12.6. The van der Waals surface area contributed by atoms with Crippen molar-refractivity contribution in [1.82, 2.24) is 4.90 Å². The van der Waals surface area contributed by atoms with Gasteiger partial charge in [0.25, 0.3) is 5.91 Å². The van der Waals surface area contributed by atoms with E-state index in [0.717, 1.165) is 0 Å². The minimum atomic E-state index is -0.265. The van der Waals surface area contributed by atoms with Crippen molar-refractivity contribution in [3.8, 4) is 17.2 Å². The van der Waals surface area contributed by atoms with Crippen LogP contribution in [0.1, 0.15) is 12.0 Å². The predicted octanol–water partition coefficient (Wildman–Crippen LogP) is 4.60. The van der Waals surface area contributed by atoms with Crippen molar-refractivity contribution in [1.29, 1.82) is 0 Å². The van der Waals surface area contributed by atoms with E-state index >= 15 is 0 Å². The number of nitrogens with one attached hydrogen (secondary N) is 1. The summed E-state index contributed by atoms with van der Waals surface area (Å²) in [7, 11) is 4.56. The summed E-state index contributed by atoms with van der Waals surface area (Å²) in [6, 6.07) is 10.4. The summed E-state index contributed by atoms with van der Waals surface area (Å²) in [6.45, 7) is 0.160. The maximum absolute atomic E-state index is 12.9. The van der Waals surface area contributed by atoms with Crippen molar-refractivity contribution in [3.63, 3.8) is 0 Å². The molecule has 32 heavy (non-hydrogen) atoms. The molecule has 2 aromatic carbocycles. The second-order valence-electron chi connectivity index (χ2n) is 6.57. The number of carbonyl (C=O) groups is 2. The van der Waals surface area contributed by atoms with Gasteiger partial charge in [-0.2, -0.15) is 0 Å². The van der Waals surface area contributed by atoms with Crippen molar-refractivity contribution in [2.75, 3.05) is 33.2 Å². The number of hydrogen-bond donors (Lipinski definition) is 1. The number of thiocarbonyl (C=S) groups is 1. The average Bonchev–Trinajstić information content (AvgIpc) is 3.05. The van der Waals surface area contributed by atoms with E-state index in [1.165, 1.54) is 38.0 Å². The standard InChI is InChI=1S/C22H21ClN2O5S2/c1-28-16-10-13(11-17(29-2)20(16)30-3)12-18-21(27)25(22(31)32-18)9-8-19(26)24-15-7-5-4-6-14(15)23/h4-7,10-12H,8-9H2,1-3H3,(H,24,26)/b18-12-. The Kier molecular flexibility index (Phi) is 8.00. The largest absolute Gasteiger partial charge is 0.493 e. The topological polar surface area (TPSA) is 77.1 Å². The van der Waals surface area contributed by atoms with Crippen LogP contribution in [0.3, 0.4) is 0 Å². The third kappa shape index (κ3) is 5.35. The van der Waals surface area contributed by atoms with Crippen LogP contribution in [0.4, 0.5) is 5.69 Å². The lowest BCUT2D eigenvalue weighted by Crippen LogP contribution is -2.31. The highest BCUT2D eigenvalue weighted by atomic mass is 35.5. The van der Waals surface area contributed by atoms with Crippen LogP contribution in [0.25, 0.3) is 6.08 Å². The number of hydrogen-bond acceptors (Lipinski definition) is 7. The van der Waals surface area contributed by atoms with Crippen molar-refractivity contribution < 1.29 is 23.8 Å². The fourth-order valence-electron chi connectivity index (χ4n) is 3.02. The van der Waals surface area contributed by atoms with E-state index in [0.29, 0.717) is 42.7 Å². The number of anilines is 1. The van der Waals surface area contributed by atoms with Crippen LogP contribution < -0.4 is 19.5 Å². The molecule has 0 bridgehead atoms. The molecule has 1 heterocycles. The number of para-hydroxylation sites is 1. The minimum absolute atomic E-state index is 0.0785. The zero-order chi connectivity index (χ0) is 23.3. The summed E-state index contributed by atoms with van der Waals surface area (Å²) in [4.78, 5) is 27.0. The molecular weight excluding hydrogens is 472 g/mol. The fourth-order valence-corrected chi connectivity index (χ4v) is 4.51. The van der Waals surface area contributed by atoms with Crippen molar-refractivity contribution in [2.24, 2.45) is 0 Å². The van der Waals surface area contributed by atoms with Crippen LogP contribution in [0.2, 0.25) is 5.02 Å². The zero-order valence-corrected chi connectivity index (χ0v) is 20.0. The molecule has 3 rings (SSSR count). The number of methoxy groups -OCH3 is 3. The molecule has 0 spiro atoms. The molecule has 0 unspecified atom stereocenters. The van der Waals surface area contributed by atoms with Crippen LogP contribution in [-0.4, -0.2) is 48.9 Å². The van der Waals surface area contributed by atoms with E-state index < -0.39 is 0 Å². The van der Waals surface area contributed by atoms with E-state index in [1.807, 2.05) is 0 Å². The quantitative estimate of drug-likeness (QED) is 0.426. The molecule has 1 saturated heterocycles. The molecule has 2 amide bonds. The van der Waals surface area contributed by atoms with Gasteiger partial charge in [-0.05, 0) is 35.9 Å². The average molecular weight is 493 g/mol. The highest BCUT2D eigenvalue weighted by Crippen LogP contribution is 2.40. The molecule has 1 N–H and O–H groups in total. The summed E-state index contributed by atoms with van der Waals surface area (Å²) in [5.74, 6) is 0.888. The summed E-state index contributed by atoms with van der Waals surface area (Å²) in [6.07, 6.45) is 1.78. The number of rotatable bonds is 8. The van der Waals surface area contributed by atoms with E-state index in [9.17, 15) is 9.59 Å². The van der Waals surface area contributed by atoms with Gasteiger partial charge in [-0.25, -0.2) is 0 Å².